The van der Waals surface area contributed by atoms with E-state index in [0.29, 0.717) is 24.6 Å². The van der Waals surface area contributed by atoms with E-state index >= 15 is 0 Å². The van der Waals surface area contributed by atoms with Crippen LogP contribution in [0.2, 0.25) is 0 Å². The number of amides is 2. The van der Waals surface area contributed by atoms with Gasteiger partial charge in [0.15, 0.2) is 6.61 Å². The highest BCUT2D eigenvalue weighted by molar-refractivity contribution is 5.95. The summed E-state index contributed by atoms with van der Waals surface area (Å²) in [4.78, 5) is 27.7. The first-order valence-corrected chi connectivity index (χ1v) is 8.68. The third-order valence-corrected chi connectivity index (χ3v) is 4.87. The molecule has 3 rings (SSSR count). The van der Waals surface area contributed by atoms with Gasteiger partial charge in [-0.1, -0.05) is 6.07 Å². The minimum atomic E-state index is 0.00752. The molecule has 130 valence electrons. The summed E-state index contributed by atoms with van der Waals surface area (Å²) in [7, 11) is 0. The second kappa shape index (κ2) is 7.66. The zero-order chi connectivity index (χ0) is 16.9. The number of hydrogen-bond acceptors (Lipinski definition) is 4. The van der Waals surface area contributed by atoms with Crippen LogP contribution in [-0.2, 0) is 9.59 Å². The van der Waals surface area contributed by atoms with Crippen LogP contribution in [-0.4, -0.2) is 49.5 Å². The summed E-state index contributed by atoms with van der Waals surface area (Å²) in [6.07, 6.45) is 3.42. The third-order valence-electron chi connectivity index (χ3n) is 4.87. The van der Waals surface area contributed by atoms with Crippen molar-refractivity contribution in [2.75, 3.05) is 37.7 Å². The summed E-state index contributed by atoms with van der Waals surface area (Å²) in [5, 5.41) is 0. The minimum Gasteiger partial charge on any atom is -0.484 e. The predicted octanol–water partition coefficient (Wildman–Crippen LogP) is 1.39. The van der Waals surface area contributed by atoms with Gasteiger partial charge >= 0.3 is 0 Å². The molecule has 6 heteroatoms. The van der Waals surface area contributed by atoms with Gasteiger partial charge < -0.3 is 20.3 Å². The van der Waals surface area contributed by atoms with Crippen LogP contribution in [0.15, 0.2) is 24.3 Å². The number of carbonyl (C=O) groups is 2. The van der Waals surface area contributed by atoms with Crippen LogP contribution in [0.4, 0.5) is 5.69 Å². The lowest BCUT2D eigenvalue weighted by Crippen LogP contribution is -2.42. The molecule has 0 radical (unpaired) electrons. The molecule has 2 fully saturated rings. The van der Waals surface area contributed by atoms with E-state index in [2.05, 4.69) is 0 Å². The van der Waals surface area contributed by atoms with E-state index in [4.69, 9.17) is 10.5 Å². The van der Waals surface area contributed by atoms with E-state index in [1.54, 1.807) is 4.90 Å². The van der Waals surface area contributed by atoms with E-state index in [0.717, 1.165) is 44.6 Å². The second-order valence-electron chi connectivity index (χ2n) is 6.49. The third kappa shape index (κ3) is 3.87. The molecule has 0 spiro atoms. The number of nitrogens with two attached hydrogens (primary N) is 1. The molecule has 24 heavy (non-hydrogen) atoms. The lowest BCUT2D eigenvalue weighted by Gasteiger charge is -2.31. The zero-order valence-electron chi connectivity index (χ0n) is 13.9. The number of carbonyl (C=O) groups excluding carboxylic acids is 2. The lowest BCUT2D eigenvalue weighted by atomic mass is 9.97. The Morgan fingerprint density at radius 1 is 1.25 bits per heavy atom. The smallest absolute Gasteiger partial charge is 0.260 e. The summed E-state index contributed by atoms with van der Waals surface area (Å²) in [5.74, 6) is 1.31. The van der Waals surface area contributed by atoms with Crippen molar-refractivity contribution in [3.05, 3.63) is 24.3 Å². The first-order valence-electron chi connectivity index (χ1n) is 8.68. The number of ether oxygens (including phenoxy) is 1. The highest BCUT2D eigenvalue weighted by Crippen LogP contribution is 2.25. The minimum absolute atomic E-state index is 0.00752. The van der Waals surface area contributed by atoms with Gasteiger partial charge in [0.1, 0.15) is 5.75 Å². The average Bonchev–Trinajstić information content (AvgIpc) is 3.06. The molecule has 0 bridgehead atoms. The van der Waals surface area contributed by atoms with Gasteiger partial charge in [-0.2, -0.15) is 0 Å². The Hall–Kier alpha value is -2.08. The van der Waals surface area contributed by atoms with Gasteiger partial charge in [-0.05, 0) is 43.9 Å². The number of rotatable bonds is 5. The highest BCUT2D eigenvalue weighted by Gasteiger charge is 2.23. The van der Waals surface area contributed by atoms with Crippen molar-refractivity contribution < 1.29 is 14.3 Å². The number of hydrogen-bond donors (Lipinski definition) is 1. The second-order valence-corrected chi connectivity index (χ2v) is 6.49. The van der Waals surface area contributed by atoms with Crippen LogP contribution < -0.4 is 15.4 Å². The molecule has 0 atom stereocenters. The maximum atomic E-state index is 12.3. The molecule has 0 aliphatic carbocycles. The Labute approximate surface area is 142 Å². The molecule has 2 heterocycles. The molecule has 2 N–H and O–H groups in total. The first kappa shape index (κ1) is 16.8. The van der Waals surface area contributed by atoms with E-state index in [1.165, 1.54) is 0 Å². The molecule has 2 amide bonds. The molecule has 6 nitrogen and oxygen atoms in total. The molecule has 0 unspecified atom stereocenters. The predicted molar refractivity (Wildman–Crippen MR) is 91.9 cm³/mol. The van der Waals surface area contributed by atoms with E-state index in [9.17, 15) is 9.59 Å². The topological polar surface area (TPSA) is 75.9 Å². The Morgan fingerprint density at radius 2 is 2.04 bits per heavy atom. The van der Waals surface area contributed by atoms with Crippen molar-refractivity contribution in [2.45, 2.75) is 25.7 Å². The number of anilines is 1. The van der Waals surface area contributed by atoms with Crippen LogP contribution >= 0.6 is 0 Å². The van der Waals surface area contributed by atoms with E-state index < -0.39 is 0 Å². The molecule has 0 aromatic heterocycles. The van der Waals surface area contributed by atoms with Gasteiger partial charge in [-0.3, -0.25) is 9.59 Å². The van der Waals surface area contributed by atoms with Crippen molar-refractivity contribution in [3.8, 4) is 5.75 Å². The van der Waals surface area contributed by atoms with Crippen molar-refractivity contribution in [3.63, 3.8) is 0 Å². The quantitative estimate of drug-likeness (QED) is 0.885. The molecule has 2 saturated heterocycles. The van der Waals surface area contributed by atoms with Crippen molar-refractivity contribution in [1.82, 2.24) is 4.90 Å². The monoisotopic (exact) mass is 331 g/mol. The molecule has 1 aromatic rings. The maximum absolute atomic E-state index is 12.3. The molecular weight excluding hydrogens is 306 g/mol. The molecule has 2 aliphatic rings. The van der Waals surface area contributed by atoms with Crippen LogP contribution in [0.1, 0.15) is 25.7 Å². The largest absolute Gasteiger partial charge is 0.484 e. The Bertz CT molecular complexity index is 597. The van der Waals surface area contributed by atoms with Crippen LogP contribution in [0.25, 0.3) is 0 Å². The maximum Gasteiger partial charge on any atom is 0.260 e. The van der Waals surface area contributed by atoms with Gasteiger partial charge in [0, 0.05) is 37.8 Å². The van der Waals surface area contributed by atoms with Gasteiger partial charge in [0.05, 0.1) is 0 Å². The zero-order valence-corrected chi connectivity index (χ0v) is 13.9. The summed E-state index contributed by atoms with van der Waals surface area (Å²) in [5.41, 5.74) is 6.52. The van der Waals surface area contributed by atoms with E-state index in [-0.39, 0.29) is 18.4 Å². The van der Waals surface area contributed by atoms with Crippen molar-refractivity contribution in [2.24, 2.45) is 11.7 Å². The number of benzene rings is 1. The molecule has 2 aliphatic heterocycles. The van der Waals surface area contributed by atoms with Gasteiger partial charge in [-0.25, -0.2) is 0 Å². The Morgan fingerprint density at radius 3 is 2.71 bits per heavy atom. The fourth-order valence-corrected chi connectivity index (χ4v) is 3.32. The van der Waals surface area contributed by atoms with Gasteiger partial charge in [0.2, 0.25) is 5.91 Å². The fourth-order valence-electron chi connectivity index (χ4n) is 3.32. The summed E-state index contributed by atoms with van der Waals surface area (Å²) in [6, 6.07) is 7.40. The molecule has 0 saturated carbocycles. The van der Waals surface area contributed by atoms with Crippen molar-refractivity contribution >= 4 is 17.5 Å². The standard InChI is InChI=1S/C18H25N3O3/c19-12-14-6-9-20(10-7-14)18(23)13-24-16-4-1-3-15(11-16)21-8-2-5-17(21)22/h1,3-4,11,14H,2,5-10,12-13,19H2. The van der Waals surface area contributed by atoms with E-state index in [1.807, 2.05) is 29.2 Å². The van der Waals surface area contributed by atoms with Crippen LogP contribution in [0, 0.1) is 5.92 Å². The number of likely N-dealkylation sites (tertiary alicyclic amines) is 1. The molecular formula is C18H25N3O3. The summed E-state index contributed by atoms with van der Waals surface area (Å²) in [6.45, 7) is 2.99. The van der Waals surface area contributed by atoms with Crippen LogP contribution in [0.5, 0.6) is 5.75 Å². The Balaban J connectivity index is 1.53. The Kier molecular flexibility index (Phi) is 5.35. The fraction of sp³-hybridized carbons (Fsp3) is 0.556. The lowest BCUT2D eigenvalue weighted by molar-refractivity contribution is -0.134. The highest BCUT2D eigenvalue weighted by atomic mass is 16.5. The summed E-state index contributed by atoms with van der Waals surface area (Å²) >= 11 is 0. The van der Waals surface area contributed by atoms with Gasteiger partial charge in [0.25, 0.3) is 5.91 Å². The normalized spacial score (nSPS) is 19.0. The average molecular weight is 331 g/mol. The molecule has 1 aromatic carbocycles. The van der Waals surface area contributed by atoms with Crippen LogP contribution in [0.3, 0.4) is 0 Å². The first-order chi connectivity index (χ1) is 11.7. The van der Waals surface area contributed by atoms with Gasteiger partial charge in [-0.15, -0.1) is 0 Å². The number of piperidine rings is 1. The summed E-state index contributed by atoms with van der Waals surface area (Å²) < 4.78 is 5.66. The number of nitrogens with zero attached hydrogens (tertiary/aromatic N) is 2. The SMILES string of the molecule is NCC1CCN(C(=O)COc2cccc(N3CCCC3=O)c2)CC1. The van der Waals surface area contributed by atoms with Crippen molar-refractivity contribution in [1.29, 1.82) is 0 Å².